The number of aromatic nitrogens is 1. The minimum absolute atomic E-state index is 0.0531. The molecule has 0 saturated heterocycles. The number of hydrogen-bond acceptors (Lipinski definition) is 6. The average Bonchev–Trinajstić information content (AvgIpc) is 2.90. The van der Waals surface area contributed by atoms with Gasteiger partial charge in [0.25, 0.3) is 5.91 Å². The Balaban J connectivity index is 1.82. The van der Waals surface area contributed by atoms with Crippen LogP contribution in [0.4, 0.5) is 18.0 Å². The normalized spacial score (nSPS) is 12.9. The molecule has 0 radical (unpaired) electrons. The number of rotatable bonds is 8. The van der Waals surface area contributed by atoms with Gasteiger partial charge in [-0.3, -0.25) is 9.78 Å². The first kappa shape index (κ1) is 31.6. The highest BCUT2D eigenvalue weighted by atomic mass is 32.2. The van der Waals surface area contributed by atoms with Crippen LogP contribution < -0.4 is 10.6 Å². The zero-order valence-corrected chi connectivity index (χ0v) is 24.1. The molecule has 2 amide bonds. The minimum atomic E-state index is -4.56. The third-order valence-electron chi connectivity index (χ3n) is 6.04. The molecule has 0 fully saturated rings. The molecule has 220 valence electrons. The molecule has 0 bridgehead atoms. The summed E-state index contributed by atoms with van der Waals surface area (Å²) < 4.78 is 70.0. The smallest absolute Gasteiger partial charge is 0.416 e. The molecule has 41 heavy (non-hydrogen) atoms. The largest absolute Gasteiger partial charge is 0.444 e. The summed E-state index contributed by atoms with van der Waals surface area (Å²) in [5.74, 6) is -0.664. The molecule has 0 aliphatic carbocycles. The molecule has 1 atom stereocenters. The standard InChI is InChI=1S/C29H32F3N3O5S/c1-6-41(38,39)24-13-22(15-33-17-24)26(36)35-18(2)19-7-9-20(10-8-19)25-14-23(29(30,31)32)12-11-21(25)16-34-27(37)40-28(3,4)5/h7-15,17-18H,6,16H2,1-5H3,(H,34,37)(H,35,36)/t18-/m1/s1. The fourth-order valence-corrected chi connectivity index (χ4v) is 4.71. The lowest BCUT2D eigenvalue weighted by molar-refractivity contribution is -0.137. The lowest BCUT2D eigenvalue weighted by atomic mass is 9.95. The van der Waals surface area contributed by atoms with E-state index in [1.165, 1.54) is 31.5 Å². The highest BCUT2D eigenvalue weighted by Crippen LogP contribution is 2.34. The van der Waals surface area contributed by atoms with Crippen LogP contribution in [0.1, 0.15) is 67.7 Å². The monoisotopic (exact) mass is 591 g/mol. The molecule has 3 rings (SSSR count). The molecule has 0 saturated carbocycles. The number of carbonyl (C=O) groups is 2. The van der Waals surface area contributed by atoms with Crippen LogP contribution in [-0.2, 0) is 27.3 Å². The maximum atomic E-state index is 13.5. The molecule has 0 spiro atoms. The van der Waals surface area contributed by atoms with Crippen LogP contribution in [-0.4, -0.2) is 36.8 Å². The molecular weight excluding hydrogens is 559 g/mol. The Morgan fingerprint density at radius 1 is 1.00 bits per heavy atom. The molecule has 8 nitrogen and oxygen atoms in total. The summed E-state index contributed by atoms with van der Waals surface area (Å²) in [4.78, 5) is 28.7. The van der Waals surface area contributed by atoms with Gasteiger partial charge in [-0.25, -0.2) is 13.2 Å². The fraction of sp³-hybridized carbons (Fsp3) is 0.345. The van der Waals surface area contributed by atoms with E-state index in [-0.39, 0.29) is 28.3 Å². The van der Waals surface area contributed by atoms with E-state index in [9.17, 15) is 31.2 Å². The Kier molecular flexibility index (Phi) is 9.47. The molecule has 1 heterocycles. The average molecular weight is 592 g/mol. The van der Waals surface area contributed by atoms with Crippen molar-refractivity contribution in [2.45, 2.75) is 63.9 Å². The van der Waals surface area contributed by atoms with Crippen LogP contribution in [0, 0.1) is 0 Å². The van der Waals surface area contributed by atoms with Crippen molar-refractivity contribution in [1.29, 1.82) is 0 Å². The van der Waals surface area contributed by atoms with Crippen LogP contribution in [0.3, 0.4) is 0 Å². The molecule has 2 aromatic carbocycles. The van der Waals surface area contributed by atoms with Gasteiger partial charge < -0.3 is 15.4 Å². The number of sulfone groups is 1. The quantitative estimate of drug-likeness (QED) is 0.328. The lowest BCUT2D eigenvalue weighted by Crippen LogP contribution is -2.32. The van der Waals surface area contributed by atoms with Crippen LogP contribution in [0.2, 0.25) is 0 Å². The van der Waals surface area contributed by atoms with Gasteiger partial charge in [0, 0.05) is 18.9 Å². The minimum Gasteiger partial charge on any atom is -0.444 e. The molecule has 0 aliphatic heterocycles. The number of hydrogen-bond donors (Lipinski definition) is 2. The fourth-order valence-electron chi connectivity index (χ4n) is 3.85. The van der Waals surface area contributed by atoms with Crippen molar-refractivity contribution in [2.75, 3.05) is 5.75 Å². The Morgan fingerprint density at radius 3 is 2.24 bits per heavy atom. The number of carbonyl (C=O) groups excluding carboxylic acids is 2. The molecule has 0 aliphatic rings. The first-order valence-corrected chi connectivity index (χ1v) is 14.4. The first-order chi connectivity index (χ1) is 19.0. The molecule has 3 aromatic rings. The van der Waals surface area contributed by atoms with Crippen LogP contribution in [0.5, 0.6) is 0 Å². The highest BCUT2D eigenvalue weighted by molar-refractivity contribution is 7.91. The number of nitrogens with zero attached hydrogens (tertiary/aromatic N) is 1. The van der Waals surface area contributed by atoms with Gasteiger partial charge in [-0.15, -0.1) is 0 Å². The topological polar surface area (TPSA) is 114 Å². The van der Waals surface area contributed by atoms with Crippen LogP contribution >= 0.6 is 0 Å². The van der Waals surface area contributed by atoms with Crippen molar-refractivity contribution in [1.82, 2.24) is 15.6 Å². The molecule has 2 N–H and O–H groups in total. The predicted octanol–water partition coefficient (Wildman–Crippen LogP) is 6.08. The number of alkyl carbamates (subject to hydrolysis) is 1. The van der Waals surface area contributed by atoms with E-state index in [2.05, 4.69) is 15.6 Å². The van der Waals surface area contributed by atoms with E-state index >= 15 is 0 Å². The summed E-state index contributed by atoms with van der Waals surface area (Å²) in [5.41, 5.74) is 0.371. The van der Waals surface area contributed by atoms with Crippen molar-refractivity contribution in [2.24, 2.45) is 0 Å². The van der Waals surface area contributed by atoms with Gasteiger partial charge in [0.2, 0.25) is 0 Å². The maximum absolute atomic E-state index is 13.5. The molecule has 12 heteroatoms. The Morgan fingerprint density at radius 2 is 1.66 bits per heavy atom. The molecule has 1 aromatic heterocycles. The van der Waals surface area contributed by atoms with E-state index in [4.69, 9.17) is 4.74 Å². The third-order valence-corrected chi connectivity index (χ3v) is 7.74. The summed E-state index contributed by atoms with van der Waals surface area (Å²) in [5, 5.41) is 5.35. The van der Waals surface area contributed by atoms with Gasteiger partial charge >= 0.3 is 12.3 Å². The zero-order chi connectivity index (χ0) is 30.6. The van der Waals surface area contributed by atoms with Gasteiger partial charge in [0.15, 0.2) is 9.84 Å². The van der Waals surface area contributed by atoms with Crippen molar-refractivity contribution < 1.29 is 35.9 Å². The second-order valence-electron chi connectivity index (χ2n) is 10.4. The van der Waals surface area contributed by atoms with E-state index in [1.54, 1.807) is 52.0 Å². The summed E-state index contributed by atoms with van der Waals surface area (Å²) in [7, 11) is -3.54. The number of pyridine rings is 1. The Labute approximate surface area is 237 Å². The van der Waals surface area contributed by atoms with Crippen molar-refractivity contribution in [3.05, 3.63) is 83.2 Å². The maximum Gasteiger partial charge on any atom is 0.416 e. The van der Waals surface area contributed by atoms with E-state index in [1.807, 2.05) is 0 Å². The number of ether oxygens (including phenoxy) is 1. The van der Waals surface area contributed by atoms with Gasteiger partial charge in [-0.2, -0.15) is 13.2 Å². The zero-order valence-electron chi connectivity index (χ0n) is 23.3. The van der Waals surface area contributed by atoms with E-state index in [0.29, 0.717) is 16.7 Å². The van der Waals surface area contributed by atoms with Crippen LogP contribution in [0.15, 0.2) is 65.8 Å². The highest BCUT2D eigenvalue weighted by Gasteiger charge is 2.31. The van der Waals surface area contributed by atoms with E-state index in [0.717, 1.165) is 12.1 Å². The molecular formula is C29H32F3N3O5S. The van der Waals surface area contributed by atoms with Crippen molar-refractivity contribution in [3.63, 3.8) is 0 Å². The van der Waals surface area contributed by atoms with Gasteiger partial charge in [-0.05, 0) is 68.1 Å². The SMILES string of the molecule is CCS(=O)(=O)c1cncc(C(=O)N[C@H](C)c2ccc(-c3cc(C(F)(F)F)ccc3CNC(=O)OC(C)(C)C)cc2)c1. The van der Waals surface area contributed by atoms with Crippen molar-refractivity contribution in [3.8, 4) is 11.1 Å². The second-order valence-corrected chi connectivity index (χ2v) is 12.6. The second kappa shape index (κ2) is 12.3. The lowest BCUT2D eigenvalue weighted by Gasteiger charge is -2.20. The van der Waals surface area contributed by atoms with Gasteiger partial charge in [-0.1, -0.05) is 37.3 Å². The number of halogens is 3. The summed E-state index contributed by atoms with van der Waals surface area (Å²) in [6.07, 6.45) is -2.81. The summed E-state index contributed by atoms with van der Waals surface area (Å²) in [6, 6.07) is 10.6. The van der Waals surface area contributed by atoms with E-state index < -0.39 is 45.2 Å². The van der Waals surface area contributed by atoms with Crippen LogP contribution in [0.25, 0.3) is 11.1 Å². The number of alkyl halides is 3. The Hall–Kier alpha value is -3.93. The van der Waals surface area contributed by atoms with Gasteiger partial charge in [0.1, 0.15) is 5.60 Å². The summed E-state index contributed by atoms with van der Waals surface area (Å²) >= 11 is 0. The number of amides is 2. The molecule has 0 unspecified atom stereocenters. The third kappa shape index (κ3) is 8.53. The Bertz CT molecular complexity index is 1520. The number of benzene rings is 2. The van der Waals surface area contributed by atoms with Gasteiger partial charge in [0.05, 0.1) is 27.8 Å². The van der Waals surface area contributed by atoms with Crippen molar-refractivity contribution >= 4 is 21.8 Å². The number of nitrogens with one attached hydrogen (secondary N) is 2. The first-order valence-electron chi connectivity index (χ1n) is 12.8. The summed E-state index contributed by atoms with van der Waals surface area (Å²) in [6.45, 7) is 8.25. The predicted molar refractivity (Wildman–Crippen MR) is 148 cm³/mol.